The first-order valence-electron chi connectivity index (χ1n) is 7.67. The molecular formula is C19H18N2O3. The van der Waals surface area contributed by atoms with E-state index in [1.807, 2.05) is 57.2 Å². The number of esters is 1. The zero-order chi connectivity index (χ0) is 17.1. The molecule has 0 unspecified atom stereocenters. The van der Waals surface area contributed by atoms with E-state index in [1.54, 1.807) is 6.07 Å². The number of benzene rings is 2. The second-order valence-electron chi connectivity index (χ2n) is 5.76. The first-order chi connectivity index (χ1) is 11.5. The van der Waals surface area contributed by atoms with Crippen molar-refractivity contribution in [2.24, 2.45) is 0 Å². The van der Waals surface area contributed by atoms with Gasteiger partial charge in [-0.05, 0) is 44.5 Å². The van der Waals surface area contributed by atoms with Crippen LogP contribution < -0.4 is 0 Å². The van der Waals surface area contributed by atoms with Crippen molar-refractivity contribution in [3.8, 4) is 11.5 Å². The maximum absolute atomic E-state index is 12.2. The van der Waals surface area contributed by atoms with E-state index in [0.29, 0.717) is 11.5 Å². The van der Waals surface area contributed by atoms with E-state index in [4.69, 9.17) is 9.15 Å². The van der Waals surface area contributed by atoms with E-state index in [9.17, 15) is 4.79 Å². The van der Waals surface area contributed by atoms with Crippen LogP contribution in [-0.4, -0.2) is 16.2 Å². The Morgan fingerprint density at radius 1 is 1.04 bits per heavy atom. The number of hydrogen-bond acceptors (Lipinski definition) is 5. The summed E-state index contributed by atoms with van der Waals surface area (Å²) in [6, 6.07) is 13.4. The molecular weight excluding hydrogens is 304 g/mol. The Morgan fingerprint density at radius 2 is 1.83 bits per heavy atom. The van der Waals surface area contributed by atoms with Crippen LogP contribution in [0, 0.1) is 20.8 Å². The van der Waals surface area contributed by atoms with Gasteiger partial charge in [0.05, 0.1) is 5.56 Å². The van der Waals surface area contributed by atoms with Gasteiger partial charge in [-0.15, -0.1) is 10.2 Å². The molecule has 0 aliphatic carbocycles. The zero-order valence-corrected chi connectivity index (χ0v) is 13.9. The minimum absolute atomic E-state index is 0.0506. The number of nitrogens with zero attached hydrogens (tertiary/aromatic N) is 2. The van der Waals surface area contributed by atoms with Crippen molar-refractivity contribution in [2.45, 2.75) is 27.4 Å². The largest absolute Gasteiger partial charge is 0.452 e. The van der Waals surface area contributed by atoms with E-state index in [0.717, 1.165) is 22.3 Å². The number of aryl methyl sites for hydroxylation is 3. The number of aromatic nitrogens is 2. The molecule has 1 aromatic heterocycles. The van der Waals surface area contributed by atoms with E-state index >= 15 is 0 Å². The quantitative estimate of drug-likeness (QED) is 0.679. The molecule has 0 fully saturated rings. The highest BCUT2D eigenvalue weighted by Crippen LogP contribution is 2.19. The van der Waals surface area contributed by atoms with Gasteiger partial charge >= 0.3 is 5.97 Å². The molecule has 122 valence electrons. The molecule has 1 heterocycles. The number of carbonyl (C=O) groups is 1. The minimum Gasteiger partial charge on any atom is -0.452 e. The summed E-state index contributed by atoms with van der Waals surface area (Å²) in [4.78, 5) is 12.2. The lowest BCUT2D eigenvalue weighted by molar-refractivity contribution is 0.0438. The van der Waals surface area contributed by atoms with Crippen molar-refractivity contribution >= 4 is 5.97 Å². The van der Waals surface area contributed by atoms with Crippen molar-refractivity contribution in [1.29, 1.82) is 0 Å². The second-order valence-corrected chi connectivity index (χ2v) is 5.76. The summed E-state index contributed by atoms with van der Waals surface area (Å²) in [5.41, 5.74) is 4.47. The normalized spacial score (nSPS) is 10.6. The SMILES string of the molecule is Cc1cccc(-c2nnc(COC(=O)c3ccc(C)cc3C)o2)c1. The van der Waals surface area contributed by atoms with Crippen molar-refractivity contribution in [1.82, 2.24) is 10.2 Å². The van der Waals surface area contributed by atoms with Gasteiger partial charge in [0.2, 0.25) is 5.89 Å². The molecule has 0 aliphatic rings. The van der Waals surface area contributed by atoms with E-state index in [2.05, 4.69) is 10.2 Å². The molecule has 5 heteroatoms. The fourth-order valence-corrected chi connectivity index (χ4v) is 2.45. The van der Waals surface area contributed by atoms with Gasteiger partial charge < -0.3 is 9.15 Å². The third-order valence-corrected chi connectivity index (χ3v) is 3.66. The summed E-state index contributed by atoms with van der Waals surface area (Å²) in [6.45, 7) is 5.80. The van der Waals surface area contributed by atoms with Gasteiger partial charge in [-0.2, -0.15) is 0 Å². The third kappa shape index (κ3) is 3.51. The summed E-state index contributed by atoms with van der Waals surface area (Å²) in [7, 11) is 0. The fourth-order valence-electron chi connectivity index (χ4n) is 2.45. The number of carbonyl (C=O) groups excluding carboxylic acids is 1. The molecule has 0 saturated carbocycles. The average molecular weight is 322 g/mol. The fraction of sp³-hybridized carbons (Fsp3) is 0.211. The summed E-state index contributed by atoms with van der Waals surface area (Å²) in [5, 5.41) is 7.93. The Hall–Kier alpha value is -2.95. The van der Waals surface area contributed by atoms with E-state index < -0.39 is 5.97 Å². The van der Waals surface area contributed by atoms with E-state index in [-0.39, 0.29) is 12.5 Å². The third-order valence-electron chi connectivity index (χ3n) is 3.66. The molecule has 0 amide bonds. The summed E-state index contributed by atoms with van der Waals surface area (Å²) >= 11 is 0. The predicted octanol–water partition coefficient (Wildman–Crippen LogP) is 4.02. The van der Waals surface area contributed by atoms with Crippen molar-refractivity contribution in [2.75, 3.05) is 0 Å². The van der Waals surface area contributed by atoms with Gasteiger partial charge in [-0.1, -0.05) is 35.4 Å². The van der Waals surface area contributed by atoms with Crippen LogP contribution in [0.2, 0.25) is 0 Å². The summed E-state index contributed by atoms with van der Waals surface area (Å²) in [5.74, 6) is 0.281. The highest BCUT2D eigenvalue weighted by Gasteiger charge is 2.14. The Kier molecular flexibility index (Phi) is 4.42. The van der Waals surface area contributed by atoms with Crippen LogP contribution >= 0.6 is 0 Å². The van der Waals surface area contributed by atoms with Crippen LogP contribution in [-0.2, 0) is 11.3 Å². The summed E-state index contributed by atoms with van der Waals surface area (Å²) < 4.78 is 10.8. The molecule has 3 aromatic rings. The molecule has 0 aliphatic heterocycles. The minimum atomic E-state index is -0.400. The second kappa shape index (κ2) is 6.66. The highest BCUT2D eigenvalue weighted by atomic mass is 16.5. The van der Waals surface area contributed by atoms with Gasteiger partial charge in [-0.3, -0.25) is 0 Å². The Balaban J connectivity index is 1.68. The highest BCUT2D eigenvalue weighted by molar-refractivity contribution is 5.91. The number of hydrogen-bond donors (Lipinski definition) is 0. The maximum Gasteiger partial charge on any atom is 0.338 e. The molecule has 0 saturated heterocycles. The Labute approximate surface area is 140 Å². The van der Waals surface area contributed by atoms with Crippen LogP contribution in [0.25, 0.3) is 11.5 Å². The molecule has 3 rings (SSSR count). The monoisotopic (exact) mass is 322 g/mol. The molecule has 0 atom stereocenters. The lowest BCUT2D eigenvalue weighted by atomic mass is 10.1. The van der Waals surface area contributed by atoms with Crippen LogP contribution in [0.5, 0.6) is 0 Å². The molecule has 0 bridgehead atoms. The average Bonchev–Trinajstić information content (AvgIpc) is 3.01. The zero-order valence-electron chi connectivity index (χ0n) is 13.9. The van der Waals surface area contributed by atoms with Gasteiger partial charge in [0.25, 0.3) is 5.89 Å². The lowest BCUT2D eigenvalue weighted by Gasteiger charge is -2.06. The van der Waals surface area contributed by atoms with Crippen LogP contribution in [0.3, 0.4) is 0 Å². The van der Waals surface area contributed by atoms with Gasteiger partial charge in [-0.25, -0.2) is 4.79 Å². The molecule has 0 N–H and O–H groups in total. The Bertz CT molecular complexity index is 884. The van der Waals surface area contributed by atoms with Crippen molar-refractivity contribution < 1.29 is 13.9 Å². The summed E-state index contributed by atoms with van der Waals surface area (Å²) in [6.07, 6.45) is 0. The standard InChI is InChI=1S/C19H18N2O3/c1-12-5-4-6-15(10-12)18-21-20-17(24-18)11-23-19(22)16-8-7-13(2)9-14(16)3/h4-10H,11H2,1-3H3. The molecule has 5 nitrogen and oxygen atoms in total. The first-order valence-corrected chi connectivity index (χ1v) is 7.67. The molecule has 24 heavy (non-hydrogen) atoms. The topological polar surface area (TPSA) is 65.2 Å². The molecule has 0 radical (unpaired) electrons. The molecule has 2 aromatic carbocycles. The van der Waals surface area contributed by atoms with Gasteiger partial charge in [0.15, 0.2) is 6.61 Å². The Morgan fingerprint density at radius 3 is 2.58 bits per heavy atom. The predicted molar refractivity (Wildman–Crippen MR) is 89.5 cm³/mol. The van der Waals surface area contributed by atoms with E-state index in [1.165, 1.54) is 0 Å². The smallest absolute Gasteiger partial charge is 0.338 e. The molecule has 0 spiro atoms. The van der Waals surface area contributed by atoms with Crippen LogP contribution in [0.1, 0.15) is 32.9 Å². The van der Waals surface area contributed by atoms with Crippen LogP contribution in [0.4, 0.5) is 0 Å². The van der Waals surface area contributed by atoms with Gasteiger partial charge in [0, 0.05) is 5.56 Å². The first kappa shape index (κ1) is 15.9. The van der Waals surface area contributed by atoms with Gasteiger partial charge in [0.1, 0.15) is 0 Å². The van der Waals surface area contributed by atoms with Crippen molar-refractivity contribution in [3.63, 3.8) is 0 Å². The number of ether oxygens (including phenoxy) is 1. The van der Waals surface area contributed by atoms with Crippen LogP contribution in [0.15, 0.2) is 46.9 Å². The van der Waals surface area contributed by atoms with Crippen molar-refractivity contribution in [3.05, 3.63) is 70.6 Å². The number of rotatable bonds is 4. The lowest BCUT2D eigenvalue weighted by Crippen LogP contribution is -2.07. The maximum atomic E-state index is 12.2.